The van der Waals surface area contributed by atoms with Gasteiger partial charge in [0.2, 0.25) is 11.8 Å². The molecule has 0 aromatic heterocycles. The van der Waals surface area contributed by atoms with Crippen LogP contribution in [0.4, 0.5) is 0 Å². The fraction of sp³-hybridized carbons (Fsp3) is 0.857. The van der Waals surface area contributed by atoms with Crippen LogP contribution in [-0.4, -0.2) is 30.4 Å². The predicted molar refractivity (Wildman–Crippen MR) is 77.6 cm³/mol. The zero-order valence-corrected chi connectivity index (χ0v) is 12.7. The Kier molecular flexibility index (Phi) is 8.39. The zero-order chi connectivity index (χ0) is 14.9. The largest absolute Gasteiger partial charge is 0.348 e. The summed E-state index contributed by atoms with van der Waals surface area (Å²) in [6, 6.07) is 0. The van der Waals surface area contributed by atoms with Gasteiger partial charge in [-0.15, -0.1) is 0 Å². The second-order valence-electron chi connectivity index (χ2n) is 5.45. The number of nitrogens with one attached hydrogen (secondary N) is 2. The second kappa shape index (κ2) is 8.91. The monoisotopic (exact) mass is 271 g/mol. The van der Waals surface area contributed by atoms with Crippen molar-refractivity contribution in [3.8, 4) is 0 Å². The average molecular weight is 271 g/mol. The quantitative estimate of drug-likeness (QED) is 0.588. The van der Waals surface area contributed by atoms with Crippen molar-refractivity contribution in [1.82, 2.24) is 10.6 Å². The van der Waals surface area contributed by atoms with Crippen LogP contribution in [0.25, 0.3) is 0 Å². The molecule has 0 bridgehead atoms. The third-order valence-corrected chi connectivity index (χ3v) is 3.54. The van der Waals surface area contributed by atoms with E-state index in [4.69, 9.17) is 5.73 Å². The van der Waals surface area contributed by atoms with Crippen LogP contribution in [0.2, 0.25) is 0 Å². The summed E-state index contributed by atoms with van der Waals surface area (Å²) in [5, 5.41) is 5.56. The summed E-state index contributed by atoms with van der Waals surface area (Å²) in [6.45, 7) is 8.57. The van der Waals surface area contributed by atoms with Gasteiger partial charge in [-0.1, -0.05) is 27.7 Å². The summed E-state index contributed by atoms with van der Waals surface area (Å²) in [4.78, 5) is 23.3. The van der Waals surface area contributed by atoms with Crippen molar-refractivity contribution < 1.29 is 9.59 Å². The van der Waals surface area contributed by atoms with Crippen LogP contribution in [0.15, 0.2) is 0 Å². The third-order valence-electron chi connectivity index (χ3n) is 3.54. The van der Waals surface area contributed by atoms with E-state index >= 15 is 0 Å². The predicted octanol–water partition coefficient (Wildman–Crippen LogP) is 1.17. The van der Waals surface area contributed by atoms with Gasteiger partial charge in [0.05, 0.1) is 12.1 Å². The molecule has 0 aliphatic carbocycles. The normalized spacial score (nSPS) is 11.5. The maximum absolute atomic E-state index is 11.8. The van der Waals surface area contributed by atoms with E-state index in [9.17, 15) is 9.59 Å². The minimum absolute atomic E-state index is 0.0265. The number of rotatable bonds is 9. The molecule has 0 rings (SSSR count). The molecule has 0 aliphatic rings. The molecule has 0 aliphatic heterocycles. The number of carbonyl (C=O) groups is 2. The highest BCUT2D eigenvalue weighted by atomic mass is 16.2. The molecule has 5 heteroatoms. The molecular formula is C14H29N3O2. The molecule has 0 spiro atoms. The maximum atomic E-state index is 11.8. The van der Waals surface area contributed by atoms with Gasteiger partial charge in [0.25, 0.3) is 0 Å². The molecule has 0 saturated heterocycles. The van der Waals surface area contributed by atoms with Gasteiger partial charge in [-0.25, -0.2) is 0 Å². The van der Waals surface area contributed by atoms with E-state index in [0.717, 1.165) is 19.3 Å². The van der Waals surface area contributed by atoms with Crippen LogP contribution in [0, 0.1) is 5.92 Å². The first-order chi connectivity index (χ1) is 8.89. The fourth-order valence-electron chi connectivity index (χ4n) is 1.79. The van der Waals surface area contributed by atoms with Gasteiger partial charge in [-0.3, -0.25) is 9.59 Å². The van der Waals surface area contributed by atoms with Crippen LogP contribution in [0.5, 0.6) is 0 Å². The number of amides is 2. The molecule has 0 saturated carbocycles. The van der Waals surface area contributed by atoms with E-state index < -0.39 is 0 Å². The minimum atomic E-state index is -0.347. The molecule has 2 amide bonds. The summed E-state index contributed by atoms with van der Waals surface area (Å²) >= 11 is 0. The number of hydrogen-bond acceptors (Lipinski definition) is 3. The highest BCUT2D eigenvalue weighted by Crippen LogP contribution is 2.12. The van der Waals surface area contributed by atoms with E-state index in [0.29, 0.717) is 18.9 Å². The second-order valence-corrected chi connectivity index (χ2v) is 5.45. The zero-order valence-electron chi connectivity index (χ0n) is 12.7. The molecule has 0 aromatic rings. The molecule has 0 heterocycles. The van der Waals surface area contributed by atoms with Gasteiger partial charge in [0.1, 0.15) is 0 Å². The van der Waals surface area contributed by atoms with Crippen LogP contribution in [0.3, 0.4) is 0 Å². The molecule has 112 valence electrons. The number of nitrogens with two attached hydrogens (primary N) is 1. The Hall–Kier alpha value is -1.10. The lowest BCUT2D eigenvalue weighted by atomic mass is 9.93. The van der Waals surface area contributed by atoms with Crippen molar-refractivity contribution >= 4 is 11.8 Å². The first-order valence-corrected chi connectivity index (χ1v) is 7.16. The Morgan fingerprint density at radius 2 is 1.74 bits per heavy atom. The third kappa shape index (κ3) is 7.15. The lowest BCUT2D eigenvalue weighted by molar-refractivity contribution is -0.127. The molecular weight excluding hydrogens is 242 g/mol. The average Bonchev–Trinajstić information content (AvgIpc) is 2.40. The van der Waals surface area contributed by atoms with Gasteiger partial charge in [-0.2, -0.15) is 0 Å². The van der Waals surface area contributed by atoms with E-state index in [1.807, 2.05) is 13.8 Å². The minimum Gasteiger partial charge on any atom is -0.348 e. The van der Waals surface area contributed by atoms with Crippen LogP contribution in [0.1, 0.15) is 53.4 Å². The summed E-state index contributed by atoms with van der Waals surface area (Å²) in [6.07, 6.45) is 2.87. The smallest absolute Gasteiger partial charge is 0.239 e. The van der Waals surface area contributed by atoms with Gasteiger partial charge in [0.15, 0.2) is 0 Å². The Balaban J connectivity index is 4.07. The van der Waals surface area contributed by atoms with Crippen molar-refractivity contribution in [2.75, 3.05) is 13.1 Å². The van der Waals surface area contributed by atoms with Crippen LogP contribution >= 0.6 is 0 Å². The summed E-state index contributed by atoms with van der Waals surface area (Å²) in [7, 11) is 0. The maximum Gasteiger partial charge on any atom is 0.239 e. The summed E-state index contributed by atoms with van der Waals surface area (Å²) in [5.74, 6) is 0.242. The van der Waals surface area contributed by atoms with Crippen LogP contribution < -0.4 is 16.4 Å². The Morgan fingerprint density at radius 3 is 2.16 bits per heavy atom. The standard InChI is InChI=1S/C14H29N3O2/c1-5-14(6-2,10-15)17-13(19)9-16-12(18)8-7-11(3)4/h11H,5-10,15H2,1-4H3,(H,16,18)(H,17,19). The van der Waals surface area contributed by atoms with E-state index in [-0.39, 0.29) is 23.9 Å². The first-order valence-electron chi connectivity index (χ1n) is 7.16. The van der Waals surface area contributed by atoms with Crippen LogP contribution in [-0.2, 0) is 9.59 Å². The SMILES string of the molecule is CCC(CC)(CN)NC(=O)CNC(=O)CCC(C)C. The van der Waals surface area contributed by atoms with Gasteiger partial charge < -0.3 is 16.4 Å². The molecule has 4 N–H and O–H groups in total. The van der Waals surface area contributed by atoms with E-state index in [1.54, 1.807) is 0 Å². The van der Waals surface area contributed by atoms with Crippen molar-refractivity contribution in [2.24, 2.45) is 11.7 Å². The van der Waals surface area contributed by atoms with Gasteiger partial charge >= 0.3 is 0 Å². The summed E-state index contributed by atoms with van der Waals surface area (Å²) < 4.78 is 0. The molecule has 5 nitrogen and oxygen atoms in total. The van der Waals surface area contributed by atoms with Crippen molar-refractivity contribution in [1.29, 1.82) is 0 Å². The molecule has 0 unspecified atom stereocenters. The lowest BCUT2D eigenvalue weighted by Crippen LogP contribution is -2.55. The highest BCUT2D eigenvalue weighted by Gasteiger charge is 2.26. The molecule has 0 fully saturated rings. The van der Waals surface area contributed by atoms with Gasteiger partial charge in [-0.05, 0) is 25.2 Å². The van der Waals surface area contributed by atoms with Crippen molar-refractivity contribution in [2.45, 2.75) is 58.9 Å². The molecule has 0 radical (unpaired) electrons. The topological polar surface area (TPSA) is 84.2 Å². The van der Waals surface area contributed by atoms with Gasteiger partial charge in [0, 0.05) is 13.0 Å². The fourth-order valence-corrected chi connectivity index (χ4v) is 1.79. The summed E-state index contributed by atoms with van der Waals surface area (Å²) in [5.41, 5.74) is 5.36. The molecule has 19 heavy (non-hydrogen) atoms. The Bertz CT molecular complexity index is 278. The lowest BCUT2D eigenvalue weighted by Gasteiger charge is -2.31. The van der Waals surface area contributed by atoms with E-state index in [2.05, 4.69) is 24.5 Å². The number of carbonyl (C=O) groups excluding carboxylic acids is 2. The molecule has 0 aromatic carbocycles. The highest BCUT2D eigenvalue weighted by molar-refractivity contribution is 5.85. The van der Waals surface area contributed by atoms with Crippen molar-refractivity contribution in [3.63, 3.8) is 0 Å². The Morgan fingerprint density at radius 1 is 1.16 bits per heavy atom. The van der Waals surface area contributed by atoms with Crippen molar-refractivity contribution in [3.05, 3.63) is 0 Å². The first kappa shape index (κ1) is 17.9. The number of hydrogen-bond donors (Lipinski definition) is 3. The van der Waals surface area contributed by atoms with E-state index in [1.165, 1.54) is 0 Å². The molecule has 0 atom stereocenters. The Labute approximate surface area is 116 Å².